The summed E-state index contributed by atoms with van der Waals surface area (Å²) >= 11 is 6.55. The second-order valence-corrected chi connectivity index (χ2v) is 2.64. The fourth-order valence-electron chi connectivity index (χ4n) is 0.435. The SMILES string of the molecule is O=C(Cl)C1=CSC=CC=N1. The molecular weight excluding hydrogens is 170 g/mol. The third kappa shape index (κ3) is 2.01. The molecule has 52 valence electrons. The number of rotatable bonds is 1. The van der Waals surface area contributed by atoms with Gasteiger partial charge in [-0.2, -0.15) is 0 Å². The van der Waals surface area contributed by atoms with Gasteiger partial charge in [-0.1, -0.05) is 0 Å². The summed E-state index contributed by atoms with van der Waals surface area (Å²) in [6.07, 6.45) is 3.28. The van der Waals surface area contributed by atoms with Crippen LogP contribution in [-0.4, -0.2) is 11.5 Å². The average Bonchev–Trinajstić information content (AvgIpc) is 2.12. The van der Waals surface area contributed by atoms with Crippen molar-refractivity contribution in [1.82, 2.24) is 0 Å². The Balaban J connectivity index is 2.78. The van der Waals surface area contributed by atoms with Crippen LogP contribution < -0.4 is 0 Å². The summed E-state index contributed by atoms with van der Waals surface area (Å²) in [7, 11) is 0. The molecule has 0 amide bonds. The normalized spacial score (nSPS) is 16.3. The minimum Gasteiger partial charge on any atom is -0.274 e. The van der Waals surface area contributed by atoms with Gasteiger partial charge in [-0.05, 0) is 23.1 Å². The molecule has 0 aliphatic carbocycles. The second kappa shape index (κ2) is 3.58. The fourth-order valence-corrected chi connectivity index (χ4v) is 1.14. The van der Waals surface area contributed by atoms with Crippen molar-refractivity contribution in [1.29, 1.82) is 0 Å². The first-order valence-corrected chi connectivity index (χ1v) is 3.87. The number of thioether (sulfide) groups is 1. The summed E-state index contributed by atoms with van der Waals surface area (Å²) in [6.45, 7) is 0. The van der Waals surface area contributed by atoms with Crippen LogP contribution in [0.4, 0.5) is 0 Å². The molecule has 1 rings (SSSR count). The van der Waals surface area contributed by atoms with Gasteiger partial charge in [0.25, 0.3) is 5.24 Å². The Hall–Kier alpha value is -0.540. The van der Waals surface area contributed by atoms with Gasteiger partial charge in [-0.3, -0.25) is 9.79 Å². The van der Waals surface area contributed by atoms with Gasteiger partial charge in [-0.25, -0.2) is 0 Å². The summed E-state index contributed by atoms with van der Waals surface area (Å²) in [5.74, 6) is 0. The van der Waals surface area contributed by atoms with Crippen LogP contribution in [0.25, 0.3) is 0 Å². The highest BCUT2D eigenvalue weighted by molar-refractivity contribution is 8.05. The quantitative estimate of drug-likeness (QED) is 0.567. The summed E-state index contributed by atoms with van der Waals surface area (Å²) in [4.78, 5) is 14.3. The lowest BCUT2D eigenvalue weighted by atomic mass is 10.5. The van der Waals surface area contributed by atoms with Crippen molar-refractivity contribution in [2.45, 2.75) is 0 Å². The lowest BCUT2D eigenvalue weighted by Gasteiger charge is -1.87. The third-order valence-electron chi connectivity index (χ3n) is 0.838. The lowest BCUT2D eigenvalue weighted by Crippen LogP contribution is -1.87. The van der Waals surface area contributed by atoms with Crippen LogP contribution in [0.3, 0.4) is 0 Å². The molecule has 1 heterocycles. The standard InChI is InChI=1S/C6H4ClNOS/c7-6(9)5-4-10-3-1-2-8-5/h1-4H. The summed E-state index contributed by atoms with van der Waals surface area (Å²) in [5.41, 5.74) is 0.289. The van der Waals surface area contributed by atoms with E-state index in [1.54, 1.807) is 11.5 Å². The Kier molecular flexibility index (Phi) is 2.71. The van der Waals surface area contributed by atoms with E-state index in [2.05, 4.69) is 4.99 Å². The van der Waals surface area contributed by atoms with Crippen LogP contribution in [0.15, 0.2) is 27.6 Å². The van der Waals surface area contributed by atoms with Gasteiger partial charge in [0.05, 0.1) is 0 Å². The molecular formula is C6H4ClNOS. The van der Waals surface area contributed by atoms with E-state index in [-0.39, 0.29) is 5.70 Å². The maximum absolute atomic E-state index is 10.5. The molecule has 0 radical (unpaired) electrons. The van der Waals surface area contributed by atoms with E-state index in [1.807, 2.05) is 5.41 Å². The molecule has 10 heavy (non-hydrogen) atoms. The van der Waals surface area contributed by atoms with E-state index >= 15 is 0 Å². The molecule has 0 aromatic rings. The molecule has 0 fully saturated rings. The number of aliphatic imine (C=N–C) groups is 1. The van der Waals surface area contributed by atoms with Crippen LogP contribution in [0.1, 0.15) is 0 Å². The highest BCUT2D eigenvalue weighted by atomic mass is 35.5. The largest absolute Gasteiger partial charge is 0.274 e. The topological polar surface area (TPSA) is 29.4 Å². The molecule has 0 saturated heterocycles. The molecule has 1 aliphatic heterocycles. The summed E-state index contributed by atoms with van der Waals surface area (Å²) in [6, 6.07) is 0. The fraction of sp³-hybridized carbons (Fsp3) is 0. The van der Waals surface area contributed by atoms with Crippen molar-refractivity contribution in [3.8, 4) is 0 Å². The van der Waals surface area contributed by atoms with Crippen LogP contribution >= 0.6 is 23.4 Å². The maximum Gasteiger partial charge on any atom is 0.271 e. The maximum atomic E-state index is 10.5. The number of nitrogens with zero attached hydrogens (tertiary/aromatic N) is 1. The van der Waals surface area contributed by atoms with E-state index in [0.717, 1.165) is 0 Å². The summed E-state index contributed by atoms with van der Waals surface area (Å²) < 4.78 is 0. The monoisotopic (exact) mass is 173 g/mol. The summed E-state index contributed by atoms with van der Waals surface area (Å²) in [5, 5.41) is 2.90. The van der Waals surface area contributed by atoms with Gasteiger partial charge in [0.2, 0.25) is 0 Å². The van der Waals surface area contributed by atoms with E-state index in [9.17, 15) is 4.79 Å². The van der Waals surface area contributed by atoms with Crippen molar-refractivity contribution in [3.63, 3.8) is 0 Å². The van der Waals surface area contributed by atoms with E-state index in [1.165, 1.54) is 18.0 Å². The minimum atomic E-state index is -0.521. The molecule has 0 N–H and O–H groups in total. The molecule has 0 bridgehead atoms. The zero-order valence-electron chi connectivity index (χ0n) is 4.95. The van der Waals surface area contributed by atoms with Crippen LogP contribution in [0.2, 0.25) is 0 Å². The van der Waals surface area contributed by atoms with E-state index in [0.29, 0.717) is 0 Å². The molecule has 0 aromatic carbocycles. The van der Waals surface area contributed by atoms with Gasteiger partial charge in [0.15, 0.2) is 0 Å². The third-order valence-corrected chi connectivity index (χ3v) is 1.71. The number of hydrogen-bond donors (Lipinski definition) is 0. The predicted octanol–water partition coefficient (Wildman–Crippen LogP) is 1.92. The molecule has 2 nitrogen and oxygen atoms in total. The van der Waals surface area contributed by atoms with E-state index < -0.39 is 5.24 Å². The Labute approximate surface area is 67.7 Å². The van der Waals surface area contributed by atoms with Crippen LogP contribution in [0.5, 0.6) is 0 Å². The smallest absolute Gasteiger partial charge is 0.271 e. The molecule has 0 saturated carbocycles. The van der Waals surface area contributed by atoms with E-state index in [4.69, 9.17) is 11.6 Å². The molecule has 0 spiro atoms. The molecule has 1 aliphatic rings. The second-order valence-electron chi connectivity index (χ2n) is 1.52. The molecule has 0 aromatic heterocycles. The zero-order valence-corrected chi connectivity index (χ0v) is 6.52. The van der Waals surface area contributed by atoms with Crippen molar-refractivity contribution in [3.05, 3.63) is 22.6 Å². The molecule has 0 atom stereocenters. The van der Waals surface area contributed by atoms with Gasteiger partial charge in [0, 0.05) is 11.6 Å². The Morgan fingerprint density at radius 1 is 1.70 bits per heavy atom. The van der Waals surface area contributed by atoms with Crippen molar-refractivity contribution < 1.29 is 4.79 Å². The molecule has 0 unspecified atom stereocenters. The average molecular weight is 174 g/mol. The first-order chi connectivity index (χ1) is 4.80. The van der Waals surface area contributed by atoms with Crippen molar-refractivity contribution in [2.75, 3.05) is 0 Å². The Morgan fingerprint density at radius 3 is 3.20 bits per heavy atom. The van der Waals surface area contributed by atoms with Gasteiger partial charge in [-0.15, -0.1) is 11.8 Å². The number of hydrogen-bond acceptors (Lipinski definition) is 3. The number of halogens is 1. The van der Waals surface area contributed by atoms with Crippen molar-refractivity contribution in [2.24, 2.45) is 4.99 Å². The van der Waals surface area contributed by atoms with Crippen molar-refractivity contribution >= 4 is 34.8 Å². The number of allylic oxidation sites excluding steroid dienone is 2. The van der Waals surface area contributed by atoms with Gasteiger partial charge in [0.1, 0.15) is 5.70 Å². The van der Waals surface area contributed by atoms with Gasteiger partial charge < -0.3 is 0 Å². The lowest BCUT2D eigenvalue weighted by molar-refractivity contribution is -0.108. The first kappa shape index (κ1) is 7.57. The van der Waals surface area contributed by atoms with Gasteiger partial charge >= 0.3 is 0 Å². The van der Waals surface area contributed by atoms with Crippen LogP contribution in [-0.2, 0) is 4.79 Å². The molecule has 4 heteroatoms. The highest BCUT2D eigenvalue weighted by Crippen LogP contribution is 2.13. The highest BCUT2D eigenvalue weighted by Gasteiger charge is 2.02. The minimum absolute atomic E-state index is 0.289. The van der Waals surface area contributed by atoms with Crippen LogP contribution in [0, 0.1) is 0 Å². The predicted molar refractivity (Wildman–Crippen MR) is 44.2 cm³/mol. The zero-order chi connectivity index (χ0) is 7.40. The number of carbonyl (C=O) groups excluding carboxylic acids is 1. The Bertz CT molecular complexity index is 232. The Morgan fingerprint density at radius 2 is 2.50 bits per heavy atom. The number of carbonyl (C=O) groups is 1. The first-order valence-electron chi connectivity index (χ1n) is 2.55.